The highest BCUT2D eigenvalue weighted by molar-refractivity contribution is 7.80. The van der Waals surface area contributed by atoms with Crippen LogP contribution >= 0.6 is 12.2 Å². The van der Waals surface area contributed by atoms with Gasteiger partial charge in [0.1, 0.15) is 0 Å². The minimum Gasteiger partial charge on any atom is -0.393 e. The maximum absolute atomic E-state index is 5.55. The number of nitrogens with two attached hydrogens (primary N) is 1. The van der Waals surface area contributed by atoms with Crippen molar-refractivity contribution in [2.45, 2.75) is 52.1 Å². The fourth-order valence-electron chi connectivity index (χ4n) is 1.46. The molecule has 2 N–H and O–H groups in total. The zero-order valence-corrected chi connectivity index (χ0v) is 10.0. The molecule has 0 aliphatic carbocycles. The van der Waals surface area contributed by atoms with E-state index in [1.54, 1.807) is 0 Å². The summed E-state index contributed by atoms with van der Waals surface area (Å²) in [5.74, 6) is 0. The van der Waals surface area contributed by atoms with Crippen LogP contribution in [0.15, 0.2) is 0 Å². The van der Waals surface area contributed by atoms with Crippen LogP contribution in [0, 0.1) is 0 Å². The van der Waals surface area contributed by atoms with Crippen LogP contribution in [0.3, 0.4) is 0 Å². The van der Waals surface area contributed by atoms with Crippen LogP contribution in [-0.4, -0.2) is 29.0 Å². The highest BCUT2D eigenvalue weighted by Gasteiger charge is 2.17. The van der Waals surface area contributed by atoms with Crippen LogP contribution in [0.5, 0.6) is 0 Å². The van der Waals surface area contributed by atoms with Crippen molar-refractivity contribution in [3.8, 4) is 0 Å². The molecule has 0 aliphatic heterocycles. The van der Waals surface area contributed by atoms with Gasteiger partial charge in [-0.05, 0) is 26.8 Å². The molecule has 0 spiro atoms. The summed E-state index contributed by atoms with van der Waals surface area (Å²) >= 11 is 4.93. The molecule has 0 aliphatic rings. The van der Waals surface area contributed by atoms with Crippen LogP contribution in [0.2, 0.25) is 0 Å². The largest absolute Gasteiger partial charge is 0.393 e. The molecule has 0 saturated heterocycles. The second kappa shape index (κ2) is 6.33. The van der Waals surface area contributed by atoms with Gasteiger partial charge in [0.15, 0.2) is 0 Å². The summed E-state index contributed by atoms with van der Waals surface area (Å²) in [6.45, 7) is 6.62. The van der Waals surface area contributed by atoms with E-state index in [-0.39, 0.29) is 0 Å². The molecule has 2 nitrogen and oxygen atoms in total. The third-order valence-electron chi connectivity index (χ3n) is 2.77. The Morgan fingerprint density at radius 1 is 1.38 bits per heavy atom. The van der Waals surface area contributed by atoms with E-state index in [0.717, 1.165) is 12.8 Å². The predicted octanol–water partition coefficient (Wildman–Crippen LogP) is 2.17. The van der Waals surface area contributed by atoms with E-state index in [0.29, 0.717) is 17.1 Å². The Morgan fingerprint density at radius 2 is 1.92 bits per heavy atom. The molecule has 0 aromatic heterocycles. The molecule has 2 unspecified atom stereocenters. The van der Waals surface area contributed by atoms with Gasteiger partial charge < -0.3 is 10.6 Å². The summed E-state index contributed by atoms with van der Waals surface area (Å²) in [6.07, 6.45) is 3.12. The van der Waals surface area contributed by atoms with Crippen molar-refractivity contribution in [1.82, 2.24) is 4.90 Å². The number of hydrogen-bond acceptors (Lipinski definition) is 2. The smallest absolute Gasteiger partial charge is 0.0743 e. The first-order valence-corrected chi connectivity index (χ1v) is 5.43. The van der Waals surface area contributed by atoms with Gasteiger partial charge in [0.05, 0.1) is 4.99 Å². The van der Waals surface area contributed by atoms with Gasteiger partial charge in [-0.1, -0.05) is 26.1 Å². The molecule has 0 radical (unpaired) electrons. The van der Waals surface area contributed by atoms with E-state index in [1.165, 1.54) is 6.42 Å². The normalized spacial score (nSPS) is 15.8. The topological polar surface area (TPSA) is 29.3 Å². The van der Waals surface area contributed by atoms with Crippen molar-refractivity contribution in [2.75, 3.05) is 7.05 Å². The van der Waals surface area contributed by atoms with Gasteiger partial charge in [0.2, 0.25) is 0 Å². The minimum absolute atomic E-state index is 0.507. The zero-order valence-electron chi connectivity index (χ0n) is 9.21. The molecular weight excluding hydrogens is 180 g/mol. The summed E-state index contributed by atoms with van der Waals surface area (Å²) < 4.78 is 0. The van der Waals surface area contributed by atoms with Crippen molar-refractivity contribution >= 4 is 17.2 Å². The average Bonchev–Trinajstić information content (AvgIpc) is 2.11. The van der Waals surface area contributed by atoms with Crippen LogP contribution in [0.4, 0.5) is 0 Å². The quantitative estimate of drug-likeness (QED) is 0.669. The van der Waals surface area contributed by atoms with Gasteiger partial charge in [0.25, 0.3) is 0 Å². The number of thiocarbonyl (C=S) groups is 1. The summed E-state index contributed by atoms with van der Waals surface area (Å²) in [5, 5.41) is 0. The molecule has 0 rings (SSSR count). The first-order chi connectivity index (χ1) is 6.02. The van der Waals surface area contributed by atoms with E-state index < -0.39 is 0 Å². The second-order valence-corrected chi connectivity index (χ2v) is 4.18. The lowest BCUT2D eigenvalue weighted by Crippen LogP contribution is -2.40. The highest BCUT2D eigenvalue weighted by atomic mass is 32.1. The van der Waals surface area contributed by atoms with E-state index >= 15 is 0 Å². The molecule has 78 valence electrons. The first-order valence-electron chi connectivity index (χ1n) is 5.03. The fourth-order valence-corrected chi connectivity index (χ4v) is 1.65. The maximum Gasteiger partial charge on any atom is 0.0743 e. The molecule has 0 saturated carbocycles. The van der Waals surface area contributed by atoms with Crippen LogP contribution in [0.25, 0.3) is 0 Å². The lowest BCUT2D eigenvalue weighted by molar-refractivity contribution is 0.179. The van der Waals surface area contributed by atoms with Crippen LogP contribution in [0.1, 0.15) is 40.0 Å². The van der Waals surface area contributed by atoms with Gasteiger partial charge in [-0.15, -0.1) is 0 Å². The molecule has 0 bridgehead atoms. The predicted molar refractivity (Wildman–Crippen MR) is 63.0 cm³/mol. The Hall–Kier alpha value is -0.150. The molecule has 0 aromatic rings. The molecule has 0 aromatic carbocycles. The summed E-state index contributed by atoms with van der Waals surface area (Å²) in [6, 6.07) is 1.12. The van der Waals surface area contributed by atoms with Crippen molar-refractivity contribution in [2.24, 2.45) is 5.73 Å². The van der Waals surface area contributed by atoms with Crippen molar-refractivity contribution in [3.63, 3.8) is 0 Å². The molecule has 0 amide bonds. The summed E-state index contributed by atoms with van der Waals surface area (Å²) in [5.41, 5.74) is 5.55. The molecule has 13 heavy (non-hydrogen) atoms. The Kier molecular flexibility index (Phi) is 6.25. The summed E-state index contributed by atoms with van der Waals surface area (Å²) in [4.78, 5) is 3.00. The number of hydrogen-bond donors (Lipinski definition) is 1. The number of rotatable bonds is 6. The fraction of sp³-hybridized carbons (Fsp3) is 0.900. The first kappa shape index (κ1) is 12.8. The second-order valence-electron chi connectivity index (χ2n) is 3.66. The van der Waals surface area contributed by atoms with E-state index in [9.17, 15) is 0 Å². The maximum atomic E-state index is 5.55. The van der Waals surface area contributed by atoms with Crippen molar-refractivity contribution in [3.05, 3.63) is 0 Å². The summed E-state index contributed by atoms with van der Waals surface area (Å²) in [7, 11) is 2.15. The van der Waals surface area contributed by atoms with Gasteiger partial charge >= 0.3 is 0 Å². The SMILES string of the molecule is CCC(C)N(C)C(CC)CC(N)=S. The van der Waals surface area contributed by atoms with Crippen molar-refractivity contribution in [1.29, 1.82) is 0 Å². The zero-order chi connectivity index (χ0) is 10.4. The molecule has 0 fully saturated rings. The van der Waals surface area contributed by atoms with Gasteiger partial charge in [-0.2, -0.15) is 0 Å². The number of nitrogens with zero attached hydrogens (tertiary/aromatic N) is 1. The van der Waals surface area contributed by atoms with Gasteiger partial charge in [-0.3, -0.25) is 0 Å². The van der Waals surface area contributed by atoms with Crippen molar-refractivity contribution < 1.29 is 0 Å². The third-order valence-corrected chi connectivity index (χ3v) is 2.94. The Bertz CT molecular complexity index is 159. The minimum atomic E-state index is 0.507. The van der Waals surface area contributed by atoms with Gasteiger partial charge in [-0.25, -0.2) is 0 Å². The van der Waals surface area contributed by atoms with Crippen LogP contribution in [-0.2, 0) is 0 Å². The van der Waals surface area contributed by atoms with E-state index in [2.05, 4.69) is 32.7 Å². The van der Waals surface area contributed by atoms with E-state index in [4.69, 9.17) is 18.0 Å². The monoisotopic (exact) mass is 202 g/mol. The lowest BCUT2D eigenvalue weighted by Gasteiger charge is -2.31. The third kappa shape index (κ3) is 4.58. The Morgan fingerprint density at radius 3 is 2.23 bits per heavy atom. The average molecular weight is 202 g/mol. The van der Waals surface area contributed by atoms with Gasteiger partial charge in [0, 0.05) is 18.5 Å². The highest BCUT2D eigenvalue weighted by Crippen LogP contribution is 2.12. The molecule has 3 heteroatoms. The van der Waals surface area contributed by atoms with Crippen LogP contribution < -0.4 is 5.73 Å². The van der Waals surface area contributed by atoms with E-state index in [1.807, 2.05) is 0 Å². The molecule has 0 heterocycles. The standard InChI is InChI=1S/C10H22N2S/c1-5-8(3)12(4)9(6-2)7-10(11)13/h8-9H,5-7H2,1-4H3,(H2,11,13). The Labute approximate surface area is 87.5 Å². The lowest BCUT2D eigenvalue weighted by atomic mass is 10.1. The Balaban J connectivity index is 4.13. The molecular formula is C10H22N2S. The molecule has 2 atom stereocenters.